The van der Waals surface area contributed by atoms with Gasteiger partial charge in [0.1, 0.15) is 12.9 Å². The molecule has 0 saturated carbocycles. The number of carbonyl (C=O) groups excluding carboxylic acids is 1. The highest BCUT2D eigenvalue weighted by molar-refractivity contribution is 5.93. The van der Waals surface area contributed by atoms with Crippen molar-refractivity contribution in [1.29, 1.82) is 0 Å². The Kier molecular flexibility index (Phi) is 3.11. The van der Waals surface area contributed by atoms with Crippen molar-refractivity contribution >= 4 is 17.8 Å². The summed E-state index contributed by atoms with van der Waals surface area (Å²) in [6.07, 6.45) is -4.18. The van der Waals surface area contributed by atoms with E-state index in [0.29, 0.717) is 0 Å². The predicted octanol–water partition coefficient (Wildman–Crippen LogP) is -0.137. The maximum atomic E-state index is 11.8. The number of carboxylic acid groups (broad SMARTS) is 1. The molecule has 0 aliphatic carbocycles. The lowest BCUT2D eigenvalue weighted by Gasteiger charge is -2.07. The Morgan fingerprint density at radius 2 is 2.12 bits per heavy atom. The predicted molar refractivity (Wildman–Crippen MR) is 42.3 cm³/mol. The van der Waals surface area contributed by atoms with Crippen LogP contribution in [0.15, 0.2) is 6.33 Å². The molecule has 0 spiro atoms. The van der Waals surface area contributed by atoms with Gasteiger partial charge in [-0.25, -0.2) is 0 Å². The first-order valence-corrected chi connectivity index (χ1v) is 3.78. The summed E-state index contributed by atoms with van der Waals surface area (Å²) in [6.45, 7) is -0.652. The van der Waals surface area contributed by atoms with Gasteiger partial charge in [-0.2, -0.15) is 13.2 Å². The third kappa shape index (κ3) is 2.93. The molecule has 0 aliphatic rings. The van der Waals surface area contributed by atoms with Gasteiger partial charge in [0.2, 0.25) is 5.95 Å². The first-order valence-electron chi connectivity index (χ1n) is 3.78. The summed E-state index contributed by atoms with van der Waals surface area (Å²) in [5.41, 5.74) is 0. The average molecular weight is 238 g/mol. The van der Waals surface area contributed by atoms with Crippen LogP contribution in [-0.4, -0.2) is 37.9 Å². The zero-order valence-electron chi connectivity index (χ0n) is 7.52. The lowest BCUT2D eigenvalue weighted by Crippen LogP contribution is -2.31. The molecule has 88 valence electrons. The average Bonchev–Trinajstić information content (AvgIpc) is 2.50. The van der Waals surface area contributed by atoms with Gasteiger partial charge in [0, 0.05) is 0 Å². The molecule has 2 N–H and O–H groups in total. The zero-order valence-corrected chi connectivity index (χ0v) is 7.52. The number of halogens is 3. The minimum absolute atomic E-state index is 0.579. The van der Waals surface area contributed by atoms with Crippen LogP contribution in [0.25, 0.3) is 0 Å². The van der Waals surface area contributed by atoms with E-state index in [1.54, 1.807) is 0 Å². The van der Waals surface area contributed by atoms with Crippen LogP contribution < -0.4 is 5.32 Å². The largest absolute Gasteiger partial charge is 0.480 e. The molecule has 1 heterocycles. The van der Waals surface area contributed by atoms with Crippen LogP contribution in [-0.2, 0) is 16.1 Å². The number of hydrogen-bond donors (Lipinski definition) is 2. The third-order valence-corrected chi connectivity index (χ3v) is 1.40. The molecule has 1 aromatic rings. The molecule has 0 atom stereocenters. The highest BCUT2D eigenvalue weighted by Gasteiger charge is 2.39. The highest BCUT2D eigenvalue weighted by Crippen LogP contribution is 2.16. The molecule has 10 heteroatoms. The first-order chi connectivity index (χ1) is 7.30. The number of aromatic nitrogens is 3. The number of carboxylic acids is 1. The Balaban J connectivity index is 2.78. The topological polar surface area (TPSA) is 97.1 Å². The van der Waals surface area contributed by atoms with E-state index in [0.717, 1.165) is 10.9 Å². The molecule has 0 aliphatic heterocycles. The van der Waals surface area contributed by atoms with E-state index < -0.39 is 30.5 Å². The van der Waals surface area contributed by atoms with E-state index in [1.165, 1.54) is 5.32 Å². The molecule has 0 fully saturated rings. The first kappa shape index (κ1) is 11.9. The van der Waals surface area contributed by atoms with Crippen molar-refractivity contribution in [2.24, 2.45) is 0 Å². The fourth-order valence-electron chi connectivity index (χ4n) is 0.786. The third-order valence-electron chi connectivity index (χ3n) is 1.40. The minimum Gasteiger partial charge on any atom is -0.480 e. The maximum absolute atomic E-state index is 11.8. The Morgan fingerprint density at radius 1 is 1.50 bits per heavy atom. The van der Waals surface area contributed by atoms with Gasteiger partial charge in [0.25, 0.3) is 0 Å². The molecule has 0 unspecified atom stereocenters. The monoisotopic (exact) mass is 238 g/mol. The fraction of sp³-hybridized carbons (Fsp3) is 0.333. The number of rotatable bonds is 3. The summed E-state index contributed by atoms with van der Waals surface area (Å²) in [7, 11) is 0. The molecule has 0 radical (unpaired) electrons. The second-order valence-electron chi connectivity index (χ2n) is 2.63. The fourth-order valence-corrected chi connectivity index (χ4v) is 0.786. The number of carbonyl (C=O) groups is 2. The molecule has 0 aromatic carbocycles. The van der Waals surface area contributed by atoms with Crippen LogP contribution >= 0.6 is 0 Å². The van der Waals surface area contributed by atoms with Gasteiger partial charge in [0.05, 0.1) is 0 Å². The summed E-state index contributed by atoms with van der Waals surface area (Å²) >= 11 is 0. The van der Waals surface area contributed by atoms with Crippen molar-refractivity contribution < 1.29 is 27.9 Å². The highest BCUT2D eigenvalue weighted by atomic mass is 19.4. The van der Waals surface area contributed by atoms with Crippen molar-refractivity contribution in [3.05, 3.63) is 6.33 Å². The lowest BCUT2D eigenvalue weighted by molar-refractivity contribution is -0.167. The van der Waals surface area contributed by atoms with E-state index in [1.807, 2.05) is 0 Å². The van der Waals surface area contributed by atoms with Crippen molar-refractivity contribution in [3.63, 3.8) is 0 Å². The van der Waals surface area contributed by atoms with Crippen LogP contribution in [0.2, 0.25) is 0 Å². The summed E-state index contributed by atoms with van der Waals surface area (Å²) in [6, 6.07) is 0. The molecular weight excluding hydrogens is 233 g/mol. The molecular formula is C6H5F3N4O3. The van der Waals surface area contributed by atoms with Crippen molar-refractivity contribution in [2.75, 3.05) is 5.32 Å². The second kappa shape index (κ2) is 4.16. The van der Waals surface area contributed by atoms with Crippen LogP contribution in [0, 0.1) is 0 Å². The van der Waals surface area contributed by atoms with Gasteiger partial charge in [-0.1, -0.05) is 0 Å². The van der Waals surface area contributed by atoms with Gasteiger partial charge < -0.3 is 5.11 Å². The lowest BCUT2D eigenvalue weighted by atomic mass is 10.6. The maximum Gasteiger partial charge on any atom is 0.471 e. The molecule has 0 saturated heterocycles. The van der Waals surface area contributed by atoms with Gasteiger partial charge in [-0.15, -0.1) is 10.2 Å². The van der Waals surface area contributed by atoms with E-state index in [9.17, 15) is 22.8 Å². The van der Waals surface area contributed by atoms with Crippen LogP contribution in [0.3, 0.4) is 0 Å². The number of amides is 1. The zero-order chi connectivity index (χ0) is 12.3. The molecule has 16 heavy (non-hydrogen) atoms. The Hall–Kier alpha value is -2.13. The standard InChI is InChI=1S/C6H5F3N4O3/c7-6(8,9)4(16)11-5-12-10-2-13(5)1-3(14)15/h2H,1H2,(H,14,15)(H,11,12,16). The molecule has 0 bridgehead atoms. The Bertz CT molecular complexity index is 413. The number of alkyl halides is 3. The van der Waals surface area contributed by atoms with E-state index in [-0.39, 0.29) is 0 Å². The second-order valence-corrected chi connectivity index (χ2v) is 2.63. The summed E-state index contributed by atoms with van der Waals surface area (Å²) in [5.74, 6) is -4.13. The van der Waals surface area contributed by atoms with Gasteiger partial charge in [-0.3, -0.25) is 19.5 Å². The van der Waals surface area contributed by atoms with Gasteiger partial charge in [0.15, 0.2) is 0 Å². The number of aliphatic carboxylic acids is 1. The Morgan fingerprint density at radius 3 is 2.62 bits per heavy atom. The van der Waals surface area contributed by atoms with Gasteiger partial charge >= 0.3 is 18.1 Å². The van der Waals surface area contributed by atoms with E-state index in [2.05, 4.69) is 10.2 Å². The van der Waals surface area contributed by atoms with Crippen molar-refractivity contribution in [3.8, 4) is 0 Å². The quantitative estimate of drug-likeness (QED) is 0.764. The summed E-state index contributed by atoms with van der Waals surface area (Å²) < 4.78 is 36.3. The number of nitrogens with one attached hydrogen (secondary N) is 1. The Labute approximate surface area is 85.9 Å². The van der Waals surface area contributed by atoms with Gasteiger partial charge in [-0.05, 0) is 0 Å². The molecule has 1 rings (SSSR count). The summed E-state index contributed by atoms with van der Waals surface area (Å²) in [5, 5.41) is 16.1. The number of hydrogen-bond acceptors (Lipinski definition) is 4. The summed E-state index contributed by atoms with van der Waals surface area (Å²) in [4.78, 5) is 20.8. The van der Waals surface area contributed by atoms with Crippen LogP contribution in [0.4, 0.5) is 19.1 Å². The molecule has 1 amide bonds. The van der Waals surface area contributed by atoms with Crippen molar-refractivity contribution in [1.82, 2.24) is 14.8 Å². The molecule has 1 aromatic heterocycles. The normalized spacial score (nSPS) is 11.2. The smallest absolute Gasteiger partial charge is 0.471 e. The van der Waals surface area contributed by atoms with Crippen LogP contribution in [0.1, 0.15) is 0 Å². The number of nitrogens with zero attached hydrogens (tertiary/aromatic N) is 3. The van der Waals surface area contributed by atoms with Crippen molar-refractivity contribution in [2.45, 2.75) is 12.7 Å². The van der Waals surface area contributed by atoms with E-state index >= 15 is 0 Å². The number of anilines is 1. The SMILES string of the molecule is O=C(O)Cn1cnnc1NC(=O)C(F)(F)F. The molecule has 7 nitrogen and oxygen atoms in total. The van der Waals surface area contributed by atoms with Crippen LogP contribution in [0.5, 0.6) is 0 Å². The minimum atomic E-state index is -5.07. The van der Waals surface area contributed by atoms with E-state index in [4.69, 9.17) is 5.11 Å².